The second-order valence-electron chi connectivity index (χ2n) is 1.87. The quantitative estimate of drug-likeness (QED) is 0.459. The fraction of sp³-hybridized carbons (Fsp3) is 1.00. The van der Waals surface area contributed by atoms with Crippen LogP contribution in [0.4, 0.5) is 0 Å². The van der Waals surface area contributed by atoms with Gasteiger partial charge in [0.25, 0.3) is 0 Å². The Morgan fingerprint density at radius 1 is 0.571 bits per heavy atom. The third kappa shape index (κ3) is 7.97. The number of hydrogen-bond donors (Lipinski definition) is 0. The predicted molar refractivity (Wildman–Crippen MR) is 86.9 cm³/mol. The summed E-state index contributed by atoms with van der Waals surface area (Å²) in [6.45, 7) is 0. The lowest BCUT2D eigenvalue weighted by molar-refractivity contribution is 1.36. The van der Waals surface area contributed by atoms with E-state index in [1.165, 1.54) is 0 Å². The molecule has 86 valence electrons. The van der Waals surface area contributed by atoms with Crippen molar-refractivity contribution in [2.24, 2.45) is 0 Å². The van der Waals surface area contributed by atoms with Crippen LogP contribution in [-0.2, 0) is 50.5 Å². The number of thioether (sulfide) groups is 4. The third-order valence-electron chi connectivity index (χ3n) is 1.15. The number of rotatable bonds is 9. The lowest BCUT2D eigenvalue weighted by Crippen LogP contribution is -2.15. The Labute approximate surface area is 126 Å². The lowest BCUT2D eigenvalue weighted by Gasteiger charge is -2.30. The summed E-state index contributed by atoms with van der Waals surface area (Å²) in [7, 11) is 0. The van der Waals surface area contributed by atoms with Crippen LogP contribution < -0.4 is 0 Å². The van der Waals surface area contributed by atoms with Gasteiger partial charge in [0.1, 0.15) is 0 Å². The molecule has 0 heterocycles. The highest BCUT2D eigenvalue weighted by Crippen LogP contribution is 2.38. The molecule has 0 aliphatic rings. The van der Waals surface area contributed by atoms with Crippen molar-refractivity contribution >= 4 is 97.6 Å². The third-order valence-corrected chi connectivity index (χ3v) is 8.05. The summed E-state index contributed by atoms with van der Waals surface area (Å²) in [6, 6.07) is 0. The van der Waals surface area contributed by atoms with Crippen LogP contribution in [0.5, 0.6) is 0 Å². The van der Waals surface area contributed by atoms with Crippen molar-refractivity contribution in [1.82, 2.24) is 0 Å². The van der Waals surface area contributed by atoms with Crippen LogP contribution in [0.3, 0.4) is 0 Å². The molecule has 0 radical (unpaired) electrons. The standard InChI is InChI=1S/C6H14S8/c7-1-11-5(12-2-8)6(13-3-9)14-4-10/h5-10H,1-4H2/p-4. The fourth-order valence-electron chi connectivity index (χ4n) is 0.679. The molecule has 0 amide bonds. The molecule has 0 N–H and O–H groups in total. The van der Waals surface area contributed by atoms with Gasteiger partial charge in [0.2, 0.25) is 0 Å². The summed E-state index contributed by atoms with van der Waals surface area (Å²) in [4.78, 5) is 0. The zero-order valence-corrected chi connectivity index (χ0v) is 13.8. The number of hydrogen-bond acceptors (Lipinski definition) is 8. The van der Waals surface area contributed by atoms with Crippen molar-refractivity contribution < 1.29 is 0 Å². The highest BCUT2D eigenvalue weighted by molar-refractivity contribution is 8.27. The maximum Gasteiger partial charge on any atom is 0.0672 e. The van der Waals surface area contributed by atoms with E-state index in [0.29, 0.717) is 29.5 Å². The Balaban J connectivity index is 4.06. The van der Waals surface area contributed by atoms with Gasteiger partial charge in [-0.1, -0.05) is 0 Å². The predicted octanol–water partition coefficient (Wildman–Crippen LogP) is 2.59. The van der Waals surface area contributed by atoms with E-state index in [-0.39, 0.29) is 0 Å². The van der Waals surface area contributed by atoms with Gasteiger partial charge in [0.05, 0.1) is 9.16 Å². The van der Waals surface area contributed by atoms with Gasteiger partial charge in [-0.2, -0.15) is 47.0 Å². The SMILES string of the molecule is [S-]CSC(SC[S-])C(SC[S-])SC[S-]. The molecule has 0 bridgehead atoms. The second-order valence-corrected chi connectivity index (χ2v) is 9.61. The Hall–Kier alpha value is 2.80. The maximum absolute atomic E-state index is 4.98. The maximum atomic E-state index is 4.98. The molecule has 0 saturated carbocycles. The van der Waals surface area contributed by atoms with E-state index < -0.39 is 0 Å². The first kappa shape index (κ1) is 16.8. The zero-order valence-electron chi connectivity index (χ0n) is 7.25. The van der Waals surface area contributed by atoms with Crippen molar-refractivity contribution in [2.75, 3.05) is 20.3 Å². The van der Waals surface area contributed by atoms with Crippen molar-refractivity contribution in [1.29, 1.82) is 0 Å². The van der Waals surface area contributed by atoms with Crippen molar-refractivity contribution in [3.05, 3.63) is 0 Å². The van der Waals surface area contributed by atoms with E-state index in [9.17, 15) is 0 Å². The molecule has 0 aliphatic carbocycles. The van der Waals surface area contributed by atoms with Crippen LogP contribution in [-0.4, -0.2) is 29.5 Å². The van der Waals surface area contributed by atoms with Gasteiger partial charge in [-0.3, -0.25) is 0 Å². The highest BCUT2D eigenvalue weighted by Gasteiger charge is 2.17. The van der Waals surface area contributed by atoms with Gasteiger partial charge < -0.3 is 50.5 Å². The molecule has 8 heteroatoms. The minimum Gasteiger partial charge on any atom is -0.782 e. The Kier molecular flexibility index (Phi) is 14.7. The van der Waals surface area contributed by atoms with Crippen molar-refractivity contribution in [2.45, 2.75) is 9.16 Å². The summed E-state index contributed by atoms with van der Waals surface area (Å²) in [5.74, 6) is 0. The molecule has 0 rings (SSSR count). The monoisotopic (exact) mass is 338 g/mol. The summed E-state index contributed by atoms with van der Waals surface area (Å²) in [6.07, 6.45) is 0. The molecule has 0 spiro atoms. The minimum absolute atomic E-state index is 0.436. The molecule has 0 aromatic rings. The van der Waals surface area contributed by atoms with Gasteiger partial charge in [0.15, 0.2) is 0 Å². The summed E-state index contributed by atoms with van der Waals surface area (Å²) in [5, 5.41) is 2.83. The van der Waals surface area contributed by atoms with Crippen molar-refractivity contribution in [3.8, 4) is 0 Å². The molecule has 0 aromatic carbocycles. The van der Waals surface area contributed by atoms with Gasteiger partial charge in [-0.05, 0) is 0 Å². The highest BCUT2D eigenvalue weighted by atomic mass is 32.2. The largest absolute Gasteiger partial charge is 0.782 e. The first-order chi connectivity index (χ1) is 6.79. The Morgan fingerprint density at radius 3 is 0.929 bits per heavy atom. The van der Waals surface area contributed by atoms with Crippen LogP contribution in [0.1, 0.15) is 0 Å². The smallest absolute Gasteiger partial charge is 0.0672 e. The zero-order chi connectivity index (χ0) is 10.8. The molecule has 0 aromatic heterocycles. The summed E-state index contributed by atoms with van der Waals surface area (Å²) >= 11 is 27.0. The van der Waals surface area contributed by atoms with Crippen LogP contribution in [0.2, 0.25) is 0 Å². The summed E-state index contributed by atoms with van der Waals surface area (Å²) < 4.78 is 0.872. The van der Waals surface area contributed by atoms with E-state index in [0.717, 1.165) is 0 Å². The molecule has 0 atom stereocenters. The van der Waals surface area contributed by atoms with E-state index in [1.54, 1.807) is 47.0 Å². The van der Waals surface area contributed by atoms with Crippen molar-refractivity contribution in [3.63, 3.8) is 0 Å². The van der Waals surface area contributed by atoms with Gasteiger partial charge in [0, 0.05) is 0 Å². The molecular weight excluding hydrogens is 329 g/mol. The van der Waals surface area contributed by atoms with Crippen LogP contribution in [0.15, 0.2) is 0 Å². The average molecular weight is 339 g/mol. The van der Waals surface area contributed by atoms with Crippen LogP contribution in [0.25, 0.3) is 0 Å². The summed E-state index contributed by atoms with van der Waals surface area (Å²) in [5.41, 5.74) is 0. The van der Waals surface area contributed by atoms with E-state index >= 15 is 0 Å². The van der Waals surface area contributed by atoms with E-state index in [1.807, 2.05) is 0 Å². The van der Waals surface area contributed by atoms with Gasteiger partial charge >= 0.3 is 0 Å². The minimum atomic E-state index is 0.436. The molecule has 0 nitrogen and oxygen atoms in total. The van der Waals surface area contributed by atoms with Crippen LogP contribution in [0, 0.1) is 0 Å². The van der Waals surface area contributed by atoms with Crippen LogP contribution >= 0.6 is 47.0 Å². The first-order valence-electron chi connectivity index (χ1n) is 3.59. The molecular formula is C6H10S8-4. The molecule has 0 fully saturated rings. The first-order valence-corrected chi connectivity index (χ1v) is 10.1. The molecule has 14 heavy (non-hydrogen) atoms. The Bertz CT molecular complexity index is 94.4. The normalized spacial score (nSPS) is 11.6. The van der Waals surface area contributed by atoms with E-state index in [2.05, 4.69) is 0 Å². The lowest BCUT2D eigenvalue weighted by atomic mass is 10.9. The molecule has 0 saturated heterocycles. The van der Waals surface area contributed by atoms with Gasteiger partial charge in [-0.25, -0.2) is 0 Å². The fourth-order valence-corrected chi connectivity index (χ4v) is 8.11. The second kappa shape index (κ2) is 12.3. The van der Waals surface area contributed by atoms with Gasteiger partial charge in [-0.15, -0.1) is 20.3 Å². The Morgan fingerprint density at radius 2 is 0.786 bits per heavy atom. The topological polar surface area (TPSA) is 0 Å². The average Bonchev–Trinajstić information content (AvgIpc) is 2.17. The molecule has 0 aliphatic heterocycles. The van der Waals surface area contributed by atoms with E-state index in [4.69, 9.17) is 50.5 Å². The molecule has 0 unspecified atom stereocenters.